The predicted molar refractivity (Wildman–Crippen MR) is 206 cm³/mol. The van der Waals surface area contributed by atoms with Gasteiger partial charge in [0.15, 0.2) is 17.5 Å². The zero-order valence-corrected chi connectivity index (χ0v) is 29.3. The predicted octanol–water partition coefficient (Wildman–Crippen LogP) is 11.9. The molecule has 2 heterocycles. The Hall–Kier alpha value is -5.18. The average Bonchev–Trinajstić information content (AvgIpc) is 3.52. The molecule has 2 saturated carbocycles. The lowest BCUT2D eigenvalue weighted by Crippen LogP contribution is -2.42. The van der Waals surface area contributed by atoms with Gasteiger partial charge in [-0.3, -0.25) is 0 Å². The first-order valence-electron chi connectivity index (χ1n) is 17.8. The van der Waals surface area contributed by atoms with Crippen LogP contribution in [0.4, 0.5) is 0 Å². The van der Waals surface area contributed by atoms with Crippen LogP contribution in [0.3, 0.4) is 0 Å². The standard InChI is InChI=1S/C45H38N4S/c1-28-19-31-20-29(2)25-45(24-28,26-31)37-15-11-32(12-16-37)34-13-17-38-39-22-36(14-18-40(39)50-41(38)23-34)44-48-42(33-8-4-3-5-9-33)47-43(49-44)35-10-6-7-30(21-35)27-46/h3-18,21-23,28-29,31H,19-20,24-26H2,1-2H3/t28-,29+,31-,45?. The Morgan fingerprint density at radius 1 is 0.580 bits per heavy atom. The molecule has 0 N–H and O–H groups in total. The normalized spacial score (nSPS) is 21.7. The average molecular weight is 667 g/mol. The van der Waals surface area contributed by atoms with E-state index in [2.05, 4.69) is 80.6 Å². The Bertz CT molecular complexity index is 2400. The summed E-state index contributed by atoms with van der Waals surface area (Å²) in [6.45, 7) is 4.93. The van der Waals surface area contributed by atoms with Gasteiger partial charge < -0.3 is 0 Å². The third-order valence-corrected chi connectivity index (χ3v) is 12.2. The second-order valence-electron chi connectivity index (χ2n) is 14.9. The van der Waals surface area contributed by atoms with Crippen molar-refractivity contribution in [1.82, 2.24) is 15.0 Å². The molecule has 5 heteroatoms. The highest BCUT2D eigenvalue weighted by Crippen LogP contribution is 2.54. The molecule has 0 radical (unpaired) electrons. The van der Waals surface area contributed by atoms with Gasteiger partial charge in [0, 0.05) is 36.9 Å². The van der Waals surface area contributed by atoms with Crippen LogP contribution in [0, 0.1) is 29.1 Å². The number of rotatable bonds is 5. The van der Waals surface area contributed by atoms with E-state index >= 15 is 0 Å². The fourth-order valence-corrected chi connectivity index (χ4v) is 10.4. The van der Waals surface area contributed by atoms with Crippen LogP contribution in [0.1, 0.15) is 57.1 Å². The van der Waals surface area contributed by atoms with Crippen LogP contribution in [0.25, 0.3) is 65.5 Å². The third-order valence-electron chi connectivity index (χ3n) is 11.1. The van der Waals surface area contributed by atoms with E-state index in [1.807, 2.05) is 59.9 Å². The lowest BCUT2D eigenvalue weighted by molar-refractivity contribution is 0.0780. The summed E-state index contributed by atoms with van der Waals surface area (Å²) in [5.41, 5.74) is 7.66. The summed E-state index contributed by atoms with van der Waals surface area (Å²) in [5, 5.41) is 12.0. The van der Waals surface area contributed by atoms with E-state index in [0.717, 1.165) is 34.4 Å². The van der Waals surface area contributed by atoms with Gasteiger partial charge in [-0.25, -0.2) is 15.0 Å². The number of fused-ring (bicyclic) bond motifs is 5. The van der Waals surface area contributed by atoms with Gasteiger partial charge in [-0.15, -0.1) is 11.3 Å². The molecule has 2 bridgehead atoms. The lowest BCUT2D eigenvalue weighted by Gasteiger charge is -2.50. The second-order valence-corrected chi connectivity index (χ2v) is 16.0. The SMILES string of the molecule is C[C@@H]1C[C@@H]2C[C@H](C)CC(c3ccc(-c4ccc5c(c4)sc4ccc(-c6nc(-c7ccccc7)nc(-c7cccc(C#N)c7)n6)cc45)cc3)(C1)C2. The summed E-state index contributed by atoms with van der Waals surface area (Å²) in [6, 6.07) is 42.7. The molecular formula is C45H38N4S. The highest BCUT2D eigenvalue weighted by molar-refractivity contribution is 7.25. The molecule has 50 heavy (non-hydrogen) atoms. The number of nitriles is 1. The molecule has 2 fully saturated rings. The molecule has 1 unspecified atom stereocenters. The topological polar surface area (TPSA) is 62.5 Å². The first-order valence-corrected chi connectivity index (χ1v) is 18.6. The minimum Gasteiger partial charge on any atom is -0.208 e. The summed E-state index contributed by atoms with van der Waals surface area (Å²) in [6.07, 6.45) is 6.84. The molecule has 0 saturated heterocycles. The van der Waals surface area contributed by atoms with E-state index in [-0.39, 0.29) is 0 Å². The van der Waals surface area contributed by atoms with Crippen molar-refractivity contribution < 1.29 is 0 Å². The monoisotopic (exact) mass is 666 g/mol. The van der Waals surface area contributed by atoms with Crippen molar-refractivity contribution >= 4 is 31.5 Å². The minimum absolute atomic E-state index is 0.355. The van der Waals surface area contributed by atoms with Gasteiger partial charge in [-0.05, 0) is 108 Å². The molecule has 2 aromatic heterocycles. The maximum atomic E-state index is 9.53. The van der Waals surface area contributed by atoms with Crippen LogP contribution in [-0.4, -0.2) is 15.0 Å². The molecule has 0 spiro atoms. The first kappa shape index (κ1) is 30.8. The van der Waals surface area contributed by atoms with E-state index in [4.69, 9.17) is 15.0 Å². The van der Waals surface area contributed by atoms with E-state index in [9.17, 15) is 5.26 Å². The molecule has 9 rings (SSSR count). The summed E-state index contributed by atoms with van der Waals surface area (Å²) in [4.78, 5) is 14.7. The fraction of sp³-hybridized carbons (Fsp3) is 0.244. The first-order chi connectivity index (χ1) is 24.4. The highest BCUT2D eigenvalue weighted by Gasteiger charge is 2.45. The van der Waals surface area contributed by atoms with Gasteiger partial charge in [0.1, 0.15) is 0 Å². The Labute approximate surface area is 297 Å². The zero-order valence-electron chi connectivity index (χ0n) is 28.4. The van der Waals surface area contributed by atoms with E-state index in [1.54, 1.807) is 11.6 Å². The number of nitrogens with zero attached hydrogens (tertiary/aromatic N) is 4. The van der Waals surface area contributed by atoms with Crippen molar-refractivity contribution in [2.75, 3.05) is 0 Å². The number of hydrogen-bond acceptors (Lipinski definition) is 5. The summed E-state index contributed by atoms with van der Waals surface area (Å²) in [7, 11) is 0. The van der Waals surface area contributed by atoms with E-state index in [1.165, 1.54) is 63.4 Å². The molecule has 2 aliphatic rings. The van der Waals surface area contributed by atoms with Crippen molar-refractivity contribution in [1.29, 1.82) is 5.26 Å². The Kier molecular flexibility index (Phi) is 7.59. The maximum Gasteiger partial charge on any atom is 0.164 e. The fourth-order valence-electron chi connectivity index (χ4n) is 9.25. The second kappa shape index (κ2) is 12.3. The van der Waals surface area contributed by atoms with Crippen molar-refractivity contribution in [2.24, 2.45) is 17.8 Å². The number of hydrogen-bond donors (Lipinski definition) is 0. The van der Waals surface area contributed by atoms with Gasteiger partial charge in [-0.1, -0.05) is 92.7 Å². The Morgan fingerprint density at radius 3 is 1.94 bits per heavy atom. The minimum atomic E-state index is 0.355. The maximum absolute atomic E-state index is 9.53. The smallest absolute Gasteiger partial charge is 0.164 e. The van der Waals surface area contributed by atoms with Gasteiger partial charge in [0.25, 0.3) is 0 Å². The highest BCUT2D eigenvalue weighted by atomic mass is 32.1. The van der Waals surface area contributed by atoms with Gasteiger partial charge in [-0.2, -0.15) is 5.26 Å². The summed E-state index contributed by atoms with van der Waals surface area (Å²) >= 11 is 1.83. The van der Waals surface area contributed by atoms with Gasteiger partial charge >= 0.3 is 0 Å². The molecule has 4 atom stereocenters. The molecular weight excluding hydrogens is 629 g/mol. The van der Waals surface area contributed by atoms with E-state index < -0.39 is 0 Å². The molecule has 4 nitrogen and oxygen atoms in total. The largest absolute Gasteiger partial charge is 0.208 e. The third kappa shape index (κ3) is 5.58. The molecule has 7 aromatic rings. The van der Waals surface area contributed by atoms with Crippen LogP contribution in [0.15, 0.2) is 115 Å². The molecule has 2 aliphatic carbocycles. The molecule has 0 amide bonds. The van der Waals surface area contributed by atoms with Crippen molar-refractivity contribution in [3.63, 3.8) is 0 Å². The van der Waals surface area contributed by atoms with Crippen LogP contribution in [0.2, 0.25) is 0 Å². The Morgan fingerprint density at radius 2 is 1.22 bits per heavy atom. The van der Waals surface area contributed by atoms with Crippen molar-refractivity contribution in [2.45, 2.75) is 51.4 Å². The van der Waals surface area contributed by atoms with Crippen molar-refractivity contribution in [3.8, 4) is 51.4 Å². The lowest BCUT2D eigenvalue weighted by atomic mass is 9.54. The van der Waals surface area contributed by atoms with Crippen molar-refractivity contribution in [3.05, 3.63) is 126 Å². The summed E-state index contributed by atoms with van der Waals surface area (Å²) in [5.74, 6) is 4.28. The molecule has 244 valence electrons. The summed E-state index contributed by atoms with van der Waals surface area (Å²) < 4.78 is 2.51. The van der Waals surface area contributed by atoms with Crippen LogP contribution in [-0.2, 0) is 5.41 Å². The number of thiophene rings is 1. The van der Waals surface area contributed by atoms with Gasteiger partial charge in [0.05, 0.1) is 11.6 Å². The molecule has 5 aromatic carbocycles. The van der Waals surface area contributed by atoms with Crippen LogP contribution in [0.5, 0.6) is 0 Å². The number of benzene rings is 5. The Balaban J connectivity index is 1.07. The zero-order chi connectivity index (χ0) is 33.8. The number of aromatic nitrogens is 3. The van der Waals surface area contributed by atoms with Crippen LogP contribution >= 0.6 is 11.3 Å². The molecule has 0 aliphatic heterocycles. The van der Waals surface area contributed by atoms with Crippen LogP contribution < -0.4 is 0 Å². The van der Waals surface area contributed by atoms with Gasteiger partial charge in [0.2, 0.25) is 0 Å². The van der Waals surface area contributed by atoms with E-state index in [0.29, 0.717) is 28.5 Å². The quantitative estimate of drug-likeness (QED) is 0.183.